The van der Waals surface area contributed by atoms with Gasteiger partial charge in [-0.15, -0.1) is 10.2 Å². The van der Waals surface area contributed by atoms with Crippen LogP contribution in [0.4, 0.5) is 0 Å². The van der Waals surface area contributed by atoms with Crippen LogP contribution in [0.2, 0.25) is 5.02 Å². The molecule has 15 heteroatoms. The molecule has 0 aliphatic rings. The summed E-state index contributed by atoms with van der Waals surface area (Å²) in [6.45, 7) is 0.760. The van der Waals surface area contributed by atoms with E-state index >= 15 is 0 Å². The normalized spacial score (nSPS) is 11.5. The van der Waals surface area contributed by atoms with Gasteiger partial charge in [0.15, 0.2) is 34.1 Å². The van der Waals surface area contributed by atoms with Crippen LogP contribution in [-0.4, -0.2) is 58.7 Å². The van der Waals surface area contributed by atoms with E-state index in [1.165, 1.54) is 5.56 Å². The zero-order valence-electron chi connectivity index (χ0n) is 25.4. The molecule has 0 fully saturated rings. The second-order valence-electron chi connectivity index (χ2n) is 10.9. The van der Waals surface area contributed by atoms with Crippen LogP contribution in [0, 0.1) is 0 Å². The number of hydrogen-bond acceptors (Lipinski definition) is 10. The van der Waals surface area contributed by atoms with Crippen LogP contribution in [0.3, 0.4) is 0 Å². The first-order valence-electron chi connectivity index (χ1n) is 15.2. The van der Waals surface area contributed by atoms with E-state index < -0.39 is 0 Å². The molecule has 0 spiro atoms. The predicted octanol–water partition coefficient (Wildman–Crippen LogP) is 6.35. The molecule has 238 valence electrons. The van der Waals surface area contributed by atoms with E-state index in [2.05, 4.69) is 52.5 Å². The van der Waals surface area contributed by atoms with E-state index in [-0.39, 0.29) is 0 Å². The number of halogens is 1. The molecule has 0 saturated heterocycles. The summed E-state index contributed by atoms with van der Waals surface area (Å²) in [5.41, 5.74) is 4.88. The third kappa shape index (κ3) is 5.16. The van der Waals surface area contributed by atoms with Crippen molar-refractivity contribution in [3.05, 3.63) is 127 Å². The first-order chi connectivity index (χ1) is 24.2. The molecular weight excluding hydrogens is 644 g/mol. The number of aromatic nitrogens is 12. The SMILES string of the molecule is Clc1ccccc1-n1ncc2c1ncn1nc(-c3ccco3)nc21.c1ccc(CCn2ncc3c2ncn2nc(-c4ccco4)nc32)cc1. The number of rotatable bonds is 6. The van der Waals surface area contributed by atoms with Gasteiger partial charge in [0.1, 0.15) is 12.7 Å². The fraction of sp³-hybridized carbons (Fsp3) is 0.0588. The highest BCUT2D eigenvalue weighted by atomic mass is 35.5. The molecular formula is C34H23ClN12O2. The molecule has 8 aromatic heterocycles. The van der Waals surface area contributed by atoms with Crippen molar-refractivity contribution < 1.29 is 8.83 Å². The van der Waals surface area contributed by atoms with Gasteiger partial charge in [-0.05, 0) is 48.4 Å². The molecule has 0 amide bonds. The third-order valence-corrected chi connectivity index (χ3v) is 8.22. The van der Waals surface area contributed by atoms with E-state index in [9.17, 15) is 0 Å². The minimum absolute atomic E-state index is 0.500. The maximum Gasteiger partial charge on any atom is 0.217 e. The van der Waals surface area contributed by atoms with E-state index in [1.54, 1.807) is 57.4 Å². The van der Waals surface area contributed by atoms with E-state index in [0.29, 0.717) is 39.5 Å². The summed E-state index contributed by atoms with van der Waals surface area (Å²) in [4.78, 5) is 18.1. The average molecular weight is 667 g/mol. The highest BCUT2D eigenvalue weighted by Gasteiger charge is 2.17. The van der Waals surface area contributed by atoms with Gasteiger partial charge >= 0.3 is 0 Å². The van der Waals surface area contributed by atoms with Gasteiger partial charge in [0.05, 0.1) is 46.4 Å². The number of fused-ring (bicyclic) bond motifs is 6. The van der Waals surface area contributed by atoms with Crippen molar-refractivity contribution in [2.45, 2.75) is 13.0 Å². The monoisotopic (exact) mass is 666 g/mol. The summed E-state index contributed by atoms with van der Waals surface area (Å²) in [6, 6.07) is 25.1. The standard InChI is InChI=1S/C18H14N6O.C16H9ClN6O/c1-2-5-13(6-3-1)8-9-23-17-14(11-20-23)18-21-16(15-7-4-10-25-15)22-24(18)12-19-17;17-11-4-1-2-5-12(11)23-15-10(8-19-23)16-20-14(13-6-3-7-24-13)21-22(16)9-18-15/h1-7,10-12H,8-9H2;1-9H. The Morgan fingerprint density at radius 1 is 0.612 bits per heavy atom. The van der Waals surface area contributed by atoms with Crippen molar-refractivity contribution >= 4 is 45.0 Å². The number of furan rings is 2. The summed E-state index contributed by atoms with van der Waals surface area (Å²) in [7, 11) is 0. The van der Waals surface area contributed by atoms with Gasteiger partial charge in [0, 0.05) is 6.54 Å². The molecule has 0 bridgehead atoms. The highest BCUT2D eigenvalue weighted by molar-refractivity contribution is 6.32. The number of para-hydroxylation sites is 1. The van der Waals surface area contributed by atoms with Crippen LogP contribution >= 0.6 is 11.6 Å². The summed E-state index contributed by atoms with van der Waals surface area (Å²) in [5.74, 6) is 2.27. The molecule has 0 atom stereocenters. The average Bonchev–Trinajstić information content (AvgIpc) is 3.97. The van der Waals surface area contributed by atoms with E-state index in [0.717, 1.165) is 40.7 Å². The zero-order valence-corrected chi connectivity index (χ0v) is 26.2. The largest absolute Gasteiger partial charge is 0.461 e. The fourth-order valence-corrected chi connectivity index (χ4v) is 5.77. The second-order valence-corrected chi connectivity index (χ2v) is 11.3. The Morgan fingerprint density at radius 2 is 1.22 bits per heavy atom. The second kappa shape index (κ2) is 11.8. The number of benzene rings is 2. The van der Waals surface area contributed by atoms with Gasteiger partial charge in [-0.25, -0.2) is 38.3 Å². The summed E-state index contributed by atoms with van der Waals surface area (Å²) >= 11 is 6.27. The van der Waals surface area contributed by atoms with Crippen LogP contribution < -0.4 is 0 Å². The third-order valence-electron chi connectivity index (χ3n) is 7.90. The Kier molecular flexibility index (Phi) is 6.90. The quantitative estimate of drug-likeness (QED) is 0.196. The lowest BCUT2D eigenvalue weighted by Crippen LogP contribution is -2.04. The Labute approximate surface area is 280 Å². The molecule has 0 unspecified atom stereocenters. The zero-order chi connectivity index (χ0) is 32.7. The van der Waals surface area contributed by atoms with Gasteiger partial charge < -0.3 is 8.83 Å². The van der Waals surface area contributed by atoms with Crippen LogP contribution in [0.15, 0.2) is 125 Å². The van der Waals surface area contributed by atoms with E-state index in [1.807, 2.05) is 65.3 Å². The molecule has 14 nitrogen and oxygen atoms in total. The molecule has 49 heavy (non-hydrogen) atoms. The first kappa shape index (κ1) is 28.5. The highest BCUT2D eigenvalue weighted by Crippen LogP contribution is 2.26. The fourth-order valence-electron chi connectivity index (χ4n) is 5.55. The molecule has 0 aliphatic carbocycles. The molecule has 0 radical (unpaired) electrons. The number of hydrogen-bond donors (Lipinski definition) is 0. The van der Waals surface area contributed by atoms with Crippen molar-refractivity contribution in [3.63, 3.8) is 0 Å². The molecule has 8 heterocycles. The van der Waals surface area contributed by atoms with Crippen molar-refractivity contribution in [2.75, 3.05) is 0 Å². The van der Waals surface area contributed by atoms with Crippen LogP contribution in [0.1, 0.15) is 5.56 Å². The Morgan fingerprint density at radius 3 is 1.88 bits per heavy atom. The molecule has 0 aliphatic heterocycles. The van der Waals surface area contributed by atoms with Gasteiger partial charge in [-0.3, -0.25) is 0 Å². The summed E-state index contributed by atoms with van der Waals surface area (Å²) < 4.78 is 17.6. The lowest BCUT2D eigenvalue weighted by Gasteiger charge is -2.04. The molecule has 10 aromatic rings. The lowest BCUT2D eigenvalue weighted by molar-refractivity contribution is 0.577. The van der Waals surface area contributed by atoms with Crippen LogP contribution in [0.25, 0.3) is 62.2 Å². The van der Waals surface area contributed by atoms with Gasteiger partial charge in [0.2, 0.25) is 11.6 Å². The summed E-state index contributed by atoms with van der Waals surface area (Å²) in [5, 5.41) is 20.0. The topological polar surface area (TPSA) is 148 Å². The number of aryl methyl sites for hydroxylation is 2. The Balaban J connectivity index is 0.000000133. The predicted molar refractivity (Wildman–Crippen MR) is 180 cm³/mol. The van der Waals surface area contributed by atoms with E-state index in [4.69, 9.17) is 20.4 Å². The van der Waals surface area contributed by atoms with Gasteiger partial charge in [0.25, 0.3) is 0 Å². The smallest absolute Gasteiger partial charge is 0.217 e. The Hall–Kier alpha value is -6.67. The van der Waals surface area contributed by atoms with Crippen molar-refractivity contribution in [1.29, 1.82) is 0 Å². The van der Waals surface area contributed by atoms with Gasteiger partial charge in [-0.1, -0.05) is 54.1 Å². The van der Waals surface area contributed by atoms with Crippen molar-refractivity contribution in [2.24, 2.45) is 0 Å². The van der Waals surface area contributed by atoms with Crippen LogP contribution in [0.5, 0.6) is 0 Å². The maximum absolute atomic E-state index is 6.27. The minimum atomic E-state index is 0.500. The molecule has 2 aromatic carbocycles. The number of nitrogens with zero attached hydrogens (tertiary/aromatic N) is 12. The molecule has 10 rings (SSSR count). The van der Waals surface area contributed by atoms with Crippen LogP contribution in [-0.2, 0) is 13.0 Å². The Bertz CT molecular complexity index is 2690. The summed E-state index contributed by atoms with van der Waals surface area (Å²) in [6.07, 6.45) is 10.9. The van der Waals surface area contributed by atoms with Gasteiger partial charge in [-0.2, -0.15) is 10.2 Å². The maximum atomic E-state index is 6.27. The van der Waals surface area contributed by atoms with Crippen molar-refractivity contribution in [1.82, 2.24) is 58.7 Å². The lowest BCUT2D eigenvalue weighted by atomic mass is 10.1. The molecule has 0 saturated carbocycles. The minimum Gasteiger partial charge on any atom is -0.461 e. The van der Waals surface area contributed by atoms with Crippen molar-refractivity contribution in [3.8, 4) is 28.9 Å². The first-order valence-corrected chi connectivity index (χ1v) is 15.6. The molecule has 0 N–H and O–H groups in total.